The number of nitrogens with one attached hydrogen (secondary N) is 2. The topological polar surface area (TPSA) is 149 Å². The Kier molecular flexibility index (Phi) is 12.7. The minimum atomic E-state index is -4.37. The first-order chi connectivity index (χ1) is 30.3. The molecule has 7 aromatic rings. The predicted molar refractivity (Wildman–Crippen MR) is 241 cm³/mol. The summed E-state index contributed by atoms with van der Waals surface area (Å²) in [5.74, 6) is -3.22. The number of hydrogen-bond acceptors (Lipinski definition) is 8. The van der Waals surface area contributed by atoms with Gasteiger partial charge in [0, 0.05) is 10.9 Å². The maximum absolute atomic E-state index is 15.1. The van der Waals surface area contributed by atoms with Crippen LogP contribution < -0.4 is 14.2 Å². The molecule has 6 aromatic carbocycles. The number of fused-ring (bicyclic) bond motifs is 2. The smallest absolute Gasteiger partial charge is 0.264 e. The summed E-state index contributed by atoms with van der Waals surface area (Å²) >= 11 is 0. The number of halogens is 1. The molecule has 0 aliphatic heterocycles. The maximum Gasteiger partial charge on any atom is 0.264 e. The zero-order chi connectivity index (χ0) is 44.1. The van der Waals surface area contributed by atoms with E-state index >= 15 is 4.39 Å². The van der Waals surface area contributed by atoms with Gasteiger partial charge in [-0.25, -0.2) is 35.7 Å². The van der Waals surface area contributed by atoms with E-state index in [1.165, 1.54) is 49.4 Å². The molecule has 10 nitrogen and oxygen atoms in total. The maximum atomic E-state index is 15.1. The first-order valence-electron chi connectivity index (χ1n) is 20.9. The van der Waals surface area contributed by atoms with Gasteiger partial charge in [0.1, 0.15) is 18.2 Å². The average molecular weight is 884 g/mol. The van der Waals surface area contributed by atoms with Gasteiger partial charge in [-0.2, -0.15) is 0 Å². The second kappa shape index (κ2) is 18.5. The Labute approximate surface area is 366 Å². The fraction of sp³-hybridized carbons (Fsp3) is 0.220. The van der Waals surface area contributed by atoms with Gasteiger partial charge in [0.05, 0.1) is 32.8 Å². The summed E-state index contributed by atoms with van der Waals surface area (Å²) in [5.41, 5.74) is 3.66. The van der Waals surface area contributed by atoms with Crippen molar-refractivity contribution in [1.29, 1.82) is 0 Å². The van der Waals surface area contributed by atoms with E-state index in [2.05, 4.69) is 14.4 Å². The van der Waals surface area contributed by atoms with Crippen molar-refractivity contribution in [3.8, 4) is 16.9 Å². The predicted octanol–water partition coefficient (Wildman–Crippen LogP) is 9.94. The highest BCUT2D eigenvalue weighted by Crippen LogP contribution is 2.37. The summed E-state index contributed by atoms with van der Waals surface area (Å²) in [6.07, 6.45) is 5.55. The third-order valence-corrected chi connectivity index (χ3v) is 14.5. The van der Waals surface area contributed by atoms with Gasteiger partial charge < -0.3 is 4.74 Å². The van der Waals surface area contributed by atoms with E-state index in [-0.39, 0.29) is 22.3 Å². The molecule has 63 heavy (non-hydrogen) atoms. The Morgan fingerprint density at radius 3 is 1.89 bits per heavy atom. The van der Waals surface area contributed by atoms with E-state index in [4.69, 9.17) is 4.74 Å². The molecule has 2 N–H and O–H groups in total. The molecular weight excluding hydrogens is 838 g/mol. The summed E-state index contributed by atoms with van der Waals surface area (Å²) in [7, 11) is -8.73. The molecular formula is C50H46FN3O7S2. The molecule has 322 valence electrons. The van der Waals surface area contributed by atoms with Crippen LogP contribution in [0.2, 0.25) is 0 Å². The molecule has 0 saturated heterocycles. The van der Waals surface area contributed by atoms with Gasteiger partial charge in [-0.3, -0.25) is 9.59 Å². The van der Waals surface area contributed by atoms with Gasteiger partial charge in [0.15, 0.2) is 0 Å². The van der Waals surface area contributed by atoms with Crippen LogP contribution in [0.4, 0.5) is 4.39 Å². The summed E-state index contributed by atoms with van der Waals surface area (Å²) in [6, 6.07) is 40.4. The molecule has 0 bridgehead atoms. The molecule has 1 aromatic heterocycles. The number of nitrogens with zero attached hydrogens (tertiary/aromatic N) is 1. The van der Waals surface area contributed by atoms with E-state index in [1.54, 1.807) is 48.5 Å². The van der Waals surface area contributed by atoms with E-state index < -0.39 is 49.5 Å². The number of rotatable bonds is 13. The monoisotopic (exact) mass is 883 g/mol. The molecule has 8 rings (SSSR count). The van der Waals surface area contributed by atoms with Crippen LogP contribution in [0, 0.1) is 11.7 Å². The molecule has 2 atom stereocenters. The molecule has 1 heterocycles. The van der Waals surface area contributed by atoms with E-state index in [9.17, 15) is 26.4 Å². The fourth-order valence-electron chi connectivity index (χ4n) is 8.27. The highest BCUT2D eigenvalue weighted by molar-refractivity contribution is 7.90. The first-order valence-corrected chi connectivity index (χ1v) is 23.9. The van der Waals surface area contributed by atoms with Crippen molar-refractivity contribution in [3.63, 3.8) is 0 Å². The summed E-state index contributed by atoms with van der Waals surface area (Å²) in [4.78, 5) is 31.6. The van der Waals surface area contributed by atoms with Gasteiger partial charge in [-0.05, 0) is 108 Å². The number of para-hydroxylation sites is 1. The van der Waals surface area contributed by atoms with Crippen LogP contribution in [0.5, 0.6) is 5.75 Å². The van der Waals surface area contributed by atoms with Crippen molar-refractivity contribution in [2.75, 3.05) is 0 Å². The highest BCUT2D eigenvalue weighted by atomic mass is 32.2. The Morgan fingerprint density at radius 1 is 0.651 bits per heavy atom. The number of aromatic nitrogens is 1. The fourth-order valence-corrected chi connectivity index (χ4v) is 10.4. The van der Waals surface area contributed by atoms with Gasteiger partial charge in [-0.15, -0.1) is 0 Å². The third-order valence-electron chi connectivity index (χ3n) is 11.8. The lowest BCUT2D eigenvalue weighted by molar-refractivity contribution is -0.122. The lowest BCUT2D eigenvalue weighted by atomic mass is 9.81. The van der Waals surface area contributed by atoms with Gasteiger partial charge in [0.2, 0.25) is 11.8 Å². The van der Waals surface area contributed by atoms with Crippen molar-refractivity contribution in [3.05, 3.63) is 168 Å². The highest BCUT2D eigenvalue weighted by Gasteiger charge is 2.33. The lowest BCUT2D eigenvalue weighted by Gasteiger charge is -2.26. The van der Waals surface area contributed by atoms with E-state index in [1.807, 2.05) is 54.6 Å². The largest absolute Gasteiger partial charge is 0.487 e. The number of hydrogen-bond donors (Lipinski definition) is 2. The van der Waals surface area contributed by atoms with Crippen molar-refractivity contribution < 1.29 is 35.6 Å². The first kappa shape index (κ1) is 43.2. The molecule has 2 unspecified atom stereocenters. The van der Waals surface area contributed by atoms with Gasteiger partial charge in [0.25, 0.3) is 20.0 Å². The Hall–Kier alpha value is -6.44. The number of ether oxygens (including phenoxy) is 1. The van der Waals surface area contributed by atoms with Gasteiger partial charge in [-0.1, -0.05) is 117 Å². The minimum Gasteiger partial charge on any atom is -0.487 e. The van der Waals surface area contributed by atoms with Crippen molar-refractivity contribution in [2.24, 2.45) is 5.92 Å². The third kappa shape index (κ3) is 9.95. The van der Waals surface area contributed by atoms with Crippen molar-refractivity contribution >= 4 is 53.5 Å². The minimum absolute atomic E-state index is 0.0712. The Bertz CT molecular complexity index is 3030. The van der Waals surface area contributed by atoms with E-state index in [0.717, 1.165) is 55.1 Å². The number of sulfonamides is 2. The number of pyridine rings is 1. The van der Waals surface area contributed by atoms with Crippen LogP contribution in [0.1, 0.15) is 74.1 Å². The van der Waals surface area contributed by atoms with Crippen LogP contribution in [-0.4, -0.2) is 33.6 Å². The molecule has 0 spiro atoms. The number of benzene rings is 6. The van der Waals surface area contributed by atoms with Crippen molar-refractivity contribution in [1.82, 2.24) is 14.4 Å². The Morgan fingerprint density at radius 2 is 1.24 bits per heavy atom. The molecule has 1 saturated carbocycles. The average Bonchev–Trinajstić information content (AvgIpc) is 3.57. The normalized spacial score (nSPS) is 14.7. The van der Waals surface area contributed by atoms with Crippen LogP contribution in [0.25, 0.3) is 32.8 Å². The summed E-state index contributed by atoms with van der Waals surface area (Å²) < 4.78 is 80.0. The standard InChI is InChI=1S/C50H46FN3O7S2/c1-33(38-22-28-45(46(51)31-38)34-11-7-4-8-12-34)49(55)53-62(57,58)43-26-20-40-30-44(27-21-39(40)29-43)63(59,60)54-50(56)48(36-14-5-2-3-6-15-36)37-18-24-42(25-19-37)61-32-41-23-17-35-13-9-10-16-47(35)52-41/h4,7-13,16-31,33,36,48H,2-3,5-6,14-15,32H2,1H3,(H,53,55)(H,54,56). The molecule has 13 heteroatoms. The number of carbonyl (C=O) groups excluding carboxylic acids is 2. The lowest BCUT2D eigenvalue weighted by Crippen LogP contribution is -2.37. The van der Waals surface area contributed by atoms with E-state index in [0.29, 0.717) is 38.8 Å². The SMILES string of the molecule is CC(C(=O)NS(=O)(=O)c1ccc2cc(S(=O)(=O)NC(=O)C(c3ccc(OCc4ccc5ccccc5n4)cc3)C3CCCCCC3)ccc2c1)c1ccc(-c2ccccc2)c(F)c1. The second-order valence-corrected chi connectivity index (χ2v) is 19.4. The Balaban J connectivity index is 0.951. The second-order valence-electron chi connectivity index (χ2n) is 16.0. The molecule has 2 amide bonds. The van der Waals surface area contributed by atoms with Gasteiger partial charge >= 0.3 is 0 Å². The summed E-state index contributed by atoms with van der Waals surface area (Å²) in [5, 5.41) is 1.82. The van der Waals surface area contributed by atoms with Crippen molar-refractivity contribution in [2.45, 2.75) is 73.7 Å². The molecule has 1 fully saturated rings. The van der Waals surface area contributed by atoms with Crippen LogP contribution >= 0.6 is 0 Å². The van der Waals surface area contributed by atoms with Crippen LogP contribution in [-0.2, 0) is 36.2 Å². The summed E-state index contributed by atoms with van der Waals surface area (Å²) in [6.45, 7) is 1.74. The zero-order valence-electron chi connectivity index (χ0n) is 34.5. The number of carbonyl (C=O) groups is 2. The van der Waals surface area contributed by atoms with Crippen LogP contribution in [0.15, 0.2) is 155 Å². The van der Waals surface area contributed by atoms with Crippen LogP contribution in [0.3, 0.4) is 0 Å². The molecule has 1 aliphatic rings. The molecule has 0 radical (unpaired) electrons. The molecule has 1 aliphatic carbocycles. The quantitative estimate of drug-likeness (QED) is 0.109. The number of amides is 2. The zero-order valence-corrected chi connectivity index (χ0v) is 36.2.